The second-order valence-corrected chi connectivity index (χ2v) is 10.7. The molecule has 0 radical (unpaired) electrons. The average Bonchev–Trinajstić information content (AvgIpc) is 2.86. The van der Waals surface area contributed by atoms with E-state index in [1.807, 2.05) is 30.3 Å². The number of Topliss-reactive ketones (excluding diaryl/α,β-unsaturated/α-hetero) is 4. The van der Waals surface area contributed by atoms with Crippen LogP contribution in [0.4, 0.5) is 0 Å². The largest absolute Gasteiger partial charge is 0.507 e. The molecule has 0 aromatic heterocycles. The third kappa shape index (κ3) is 3.27. The van der Waals surface area contributed by atoms with E-state index in [-0.39, 0.29) is 11.3 Å². The second-order valence-electron chi connectivity index (χ2n) is 10.7. The van der Waals surface area contributed by atoms with Crippen LogP contribution in [0.15, 0.2) is 42.5 Å². The summed E-state index contributed by atoms with van der Waals surface area (Å²) in [7, 11) is 2.91. The van der Waals surface area contributed by atoms with Crippen molar-refractivity contribution in [3.8, 4) is 16.9 Å². The number of ketones is 4. The van der Waals surface area contributed by atoms with Gasteiger partial charge in [0.25, 0.3) is 0 Å². The van der Waals surface area contributed by atoms with Crippen LogP contribution in [0, 0.1) is 23.7 Å². The van der Waals surface area contributed by atoms with Gasteiger partial charge in [0.05, 0.1) is 29.5 Å². The number of nitrogens with two attached hydrogens (primary N) is 1. The summed E-state index contributed by atoms with van der Waals surface area (Å²) in [4.78, 5) is 67.6. The highest BCUT2D eigenvalue weighted by atomic mass is 16.3. The van der Waals surface area contributed by atoms with Gasteiger partial charge in [-0.25, -0.2) is 0 Å². The van der Waals surface area contributed by atoms with Crippen LogP contribution in [0.1, 0.15) is 28.8 Å². The molecule has 0 spiro atoms. The number of aliphatic hydroxyl groups excluding tert-OH is 1. The van der Waals surface area contributed by atoms with Gasteiger partial charge in [-0.2, -0.15) is 0 Å². The molecular formula is C28H28N2O8. The molecule has 2 unspecified atom stereocenters. The predicted octanol–water partition coefficient (Wildman–Crippen LogP) is 0.0658. The number of hydrogen-bond acceptors (Lipinski definition) is 9. The maximum Gasteiger partial charge on any atom is 0.235 e. The summed E-state index contributed by atoms with van der Waals surface area (Å²) < 4.78 is 0. The Balaban J connectivity index is 1.70. The third-order valence-corrected chi connectivity index (χ3v) is 8.53. The van der Waals surface area contributed by atoms with E-state index in [9.17, 15) is 39.3 Å². The normalized spacial score (nSPS) is 34.5. The van der Waals surface area contributed by atoms with Crippen LogP contribution in [0.3, 0.4) is 0 Å². The van der Waals surface area contributed by atoms with Gasteiger partial charge in [0.2, 0.25) is 5.91 Å². The Kier molecular flexibility index (Phi) is 5.90. The van der Waals surface area contributed by atoms with Gasteiger partial charge in [-0.05, 0) is 48.8 Å². The highest BCUT2D eigenvalue weighted by molar-refractivity contribution is 6.32. The molecule has 2 aromatic carbocycles. The Morgan fingerprint density at radius 1 is 1.00 bits per heavy atom. The summed E-state index contributed by atoms with van der Waals surface area (Å²) in [6.07, 6.45) is -1.66. The van der Waals surface area contributed by atoms with E-state index >= 15 is 0 Å². The lowest BCUT2D eigenvalue weighted by atomic mass is 9.49. The molecule has 10 heteroatoms. The molecule has 3 aliphatic carbocycles. The number of fused-ring (bicyclic) bond motifs is 3. The summed E-state index contributed by atoms with van der Waals surface area (Å²) >= 11 is 0. The van der Waals surface area contributed by atoms with Crippen molar-refractivity contribution in [2.45, 2.75) is 30.6 Å². The molecule has 198 valence electrons. The van der Waals surface area contributed by atoms with Crippen molar-refractivity contribution >= 4 is 29.0 Å². The van der Waals surface area contributed by atoms with Crippen molar-refractivity contribution in [3.05, 3.63) is 53.6 Å². The quantitative estimate of drug-likeness (QED) is 0.408. The van der Waals surface area contributed by atoms with Crippen LogP contribution in [-0.4, -0.2) is 81.1 Å². The first-order valence-corrected chi connectivity index (χ1v) is 12.3. The first kappa shape index (κ1) is 25.9. The van der Waals surface area contributed by atoms with Gasteiger partial charge in [-0.3, -0.25) is 28.9 Å². The number of aromatic hydroxyl groups is 1. The van der Waals surface area contributed by atoms with Crippen LogP contribution in [0.25, 0.3) is 11.1 Å². The Morgan fingerprint density at radius 3 is 2.21 bits per heavy atom. The number of rotatable bonds is 3. The number of amides is 1. The van der Waals surface area contributed by atoms with Crippen LogP contribution < -0.4 is 5.73 Å². The number of likely N-dealkylation sites (N-methyl/N-ethyl adjacent to an activating group) is 1. The van der Waals surface area contributed by atoms with Crippen molar-refractivity contribution in [2.75, 3.05) is 14.1 Å². The molecule has 2 aromatic rings. The number of benzene rings is 2. The molecule has 0 bridgehead atoms. The first-order chi connectivity index (χ1) is 17.8. The molecular weight excluding hydrogens is 492 g/mol. The van der Waals surface area contributed by atoms with Crippen molar-refractivity contribution in [1.29, 1.82) is 0 Å². The fourth-order valence-electron chi connectivity index (χ4n) is 6.82. The summed E-state index contributed by atoms with van der Waals surface area (Å²) in [5, 5.41) is 34.2. The molecule has 5 rings (SSSR count). The fourth-order valence-corrected chi connectivity index (χ4v) is 6.82. The number of aliphatic hydroxyl groups is 2. The lowest BCUT2D eigenvalue weighted by Crippen LogP contribution is -2.77. The van der Waals surface area contributed by atoms with Gasteiger partial charge in [0.15, 0.2) is 34.7 Å². The molecule has 0 heterocycles. The summed E-state index contributed by atoms with van der Waals surface area (Å²) in [6.45, 7) is 1.68. The summed E-state index contributed by atoms with van der Waals surface area (Å²) in [5.74, 6) is -13.3. The van der Waals surface area contributed by atoms with Crippen LogP contribution >= 0.6 is 0 Å². The van der Waals surface area contributed by atoms with Crippen molar-refractivity contribution < 1.29 is 39.3 Å². The lowest BCUT2D eigenvalue weighted by molar-refractivity contribution is -0.196. The highest BCUT2D eigenvalue weighted by Crippen LogP contribution is 2.54. The Bertz CT molecular complexity index is 1400. The van der Waals surface area contributed by atoms with Crippen molar-refractivity contribution in [3.63, 3.8) is 0 Å². The molecule has 2 saturated carbocycles. The lowest BCUT2D eigenvalue weighted by Gasteiger charge is -2.56. The van der Waals surface area contributed by atoms with Gasteiger partial charge in [-0.15, -0.1) is 0 Å². The first-order valence-electron chi connectivity index (χ1n) is 12.3. The number of carbonyl (C=O) groups excluding carboxylic acids is 5. The maximum atomic E-state index is 13.9. The van der Waals surface area contributed by atoms with Crippen LogP contribution in [0.2, 0.25) is 0 Å². The highest BCUT2D eigenvalue weighted by Gasteiger charge is 2.72. The monoisotopic (exact) mass is 520 g/mol. The standard InChI is InChI=1S/C28H28N2O8/c1-11-14-9-13(12-7-5-4-6-8-12)10-15(31)17(14)22(32)18-16(11)23(33)20-21(30(2)3)24(34)19(27(29)37)26(36)28(20,38)25(18)35/h4-11,16,18-21,23,31,33,38H,1-3H3,(H2,29,37)/t11-,16+,18?,19?,20+,21-,23-,28-/m1/s1. The van der Waals surface area contributed by atoms with Gasteiger partial charge >= 0.3 is 0 Å². The summed E-state index contributed by atoms with van der Waals surface area (Å²) in [5.41, 5.74) is 3.97. The number of phenols is 1. The maximum absolute atomic E-state index is 13.9. The zero-order valence-electron chi connectivity index (χ0n) is 21.0. The Labute approximate surface area is 218 Å². The predicted molar refractivity (Wildman–Crippen MR) is 133 cm³/mol. The molecule has 0 saturated heterocycles. The number of carbonyl (C=O) groups is 5. The third-order valence-electron chi connectivity index (χ3n) is 8.53. The Hall–Kier alpha value is -3.73. The number of hydrogen-bond donors (Lipinski definition) is 4. The number of phenolic OH excluding ortho intramolecular Hbond substituents is 1. The minimum atomic E-state index is -3.00. The molecule has 2 fully saturated rings. The topological polar surface area (TPSA) is 175 Å². The summed E-state index contributed by atoms with van der Waals surface area (Å²) in [6, 6.07) is 10.8. The van der Waals surface area contributed by atoms with Gasteiger partial charge in [0.1, 0.15) is 5.75 Å². The van der Waals surface area contributed by atoms with Gasteiger partial charge in [-0.1, -0.05) is 37.3 Å². The minimum Gasteiger partial charge on any atom is -0.507 e. The minimum absolute atomic E-state index is 0.129. The number of nitrogens with zero attached hydrogens (tertiary/aromatic N) is 1. The van der Waals surface area contributed by atoms with Crippen LogP contribution in [0.5, 0.6) is 5.75 Å². The van der Waals surface area contributed by atoms with Crippen molar-refractivity contribution in [2.24, 2.45) is 29.4 Å². The molecule has 0 aliphatic heterocycles. The average molecular weight is 521 g/mol. The van der Waals surface area contributed by atoms with Gasteiger partial charge in [0, 0.05) is 5.92 Å². The zero-order chi connectivity index (χ0) is 27.8. The van der Waals surface area contributed by atoms with E-state index in [2.05, 4.69) is 0 Å². The van der Waals surface area contributed by atoms with E-state index < -0.39 is 76.4 Å². The smallest absolute Gasteiger partial charge is 0.235 e. The SMILES string of the molecule is C[C@@H]1c2cc(-c3ccccc3)cc(O)c2C(=O)C2C(=O)[C@@]3(O)C(=O)C(C(N)=O)C(=O)[C@H](N(C)C)[C@H]3[C@H](O)[C@H]21. The molecule has 8 atom stereocenters. The van der Waals surface area contributed by atoms with E-state index in [4.69, 9.17) is 5.73 Å². The second kappa shape index (κ2) is 8.65. The molecule has 1 amide bonds. The fraction of sp³-hybridized carbons (Fsp3) is 0.393. The Morgan fingerprint density at radius 2 is 1.63 bits per heavy atom. The zero-order valence-corrected chi connectivity index (χ0v) is 21.0. The van der Waals surface area contributed by atoms with Gasteiger partial charge < -0.3 is 21.1 Å². The van der Waals surface area contributed by atoms with Crippen molar-refractivity contribution in [1.82, 2.24) is 4.90 Å². The molecule has 38 heavy (non-hydrogen) atoms. The molecule has 5 N–H and O–H groups in total. The van der Waals surface area contributed by atoms with E-state index in [0.29, 0.717) is 11.1 Å². The van der Waals surface area contributed by atoms with E-state index in [1.54, 1.807) is 13.0 Å². The van der Waals surface area contributed by atoms with E-state index in [1.165, 1.54) is 25.1 Å². The van der Waals surface area contributed by atoms with Crippen LogP contribution in [-0.2, 0) is 19.2 Å². The molecule has 10 nitrogen and oxygen atoms in total. The molecule has 3 aliphatic rings. The number of primary amides is 1. The van der Waals surface area contributed by atoms with E-state index in [0.717, 1.165) is 5.56 Å².